The van der Waals surface area contributed by atoms with E-state index in [0.717, 1.165) is 16.9 Å². The Bertz CT molecular complexity index is 821. The first kappa shape index (κ1) is 22.1. The minimum Gasteiger partial charge on any atom is -0.494 e. The van der Waals surface area contributed by atoms with Crippen molar-refractivity contribution in [3.05, 3.63) is 59.7 Å². The Kier molecular flexibility index (Phi) is 8.82. The highest BCUT2D eigenvalue weighted by Crippen LogP contribution is 2.17. The molecule has 7 nitrogen and oxygen atoms in total. The summed E-state index contributed by atoms with van der Waals surface area (Å²) in [7, 11) is 5.14. The number of para-hydroxylation sites is 1. The van der Waals surface area contributed by atoms with E-state index < -0.39 is 0 Å². The average molecular weight is 399 g/mol. The monoisotopic (exact) mass is 398 g/mol. The van der Waals surface area contributed by atoms with Crippen LogP contribution in [0.2, 0.25) is 0 Å². The van der Waals surface area contributed by atoms with Crippen LogP contribution in [0.1, 0.15) is 18.1 Å². The molecule has 0 fully saturated rings. The highest BCUT2D eigenvalue weighted by molar-refractivity contribution is 5.79. The fraction of sp³-hybridized carbons (Fsp3) is 0.364. The molecule has 1 amide bonds. The maximum Gasteiger partial charge on any atom is 0.259 e. The van der Waals surface area contributed by atoms with Crippen LogP contribution in [0.5, 0.6) is 11.5 Å². The molecule has 0 aliphatic rings. The number of guanidine groups is 1. The Labute approximate surface area is 172 Å². The maximum absolute atomic E-state index is 11.7. The van der Waals surface area contributed by atoms with Crippen LogP contribution in [0.3, 0.4) is 0 Å². The Morgan fingerprint density at radius 3 is 2.52 bits per heavy atom. The fourth-order valence-electron chi connectivity index (χ4n) is 2.55. The van der Waals surface area contributed by atoms with Crippen LogP contribution >= 0.6 is 0 Å². The number of likely N-dealkylation sites (N-methyl/N-ethyl adjacent to an activating group) is 1. The molecule has 2 N–H and O–H groups in total. The van der Waals surface area contributed by atoms with E-state index >= 15 is 0 Å². The third kappa shape index (κ3) is 7.37. The first-order valence-corrected chi connectivity index (χ1v) is 9.60. The van der Waals surface area contributed by atoms with E-state index in [1.165, 1.54) is 4.90 Å². The van der Waals surface area contributed by atoms with Gasteiger partial charge in [0.15, 0.2) is 12.6 Å². The van der Waals surface area contributed by atoms with Gasteiger partial charge < -0.3 is 25.0 Å². The van der Waals surface area contributed by atoms with Gasteiger partial charge in [0.25, 0.3) is 5.91 Å². The molecule has 2 rings (SSSR count). The van der Waals surface area contributed by atoms with E-state index in [9.17, 15) is 4.79 Å². The van der Waals surface area contributed by atoms with Crippen LogP contribution in [0, 0.1) is 0 Å². The van der Waals surface area contributed by atoms with Gasteiger partial charge in [-0.1, -0.05) is 30.3 Å². The smallest absolute Gasteiger partial charge is 0.259 e. The summed E-state index contributed by atoms with van der Waals surface area (Å²) >= 11 is 0. The van der Waals surface area contributed by atoms with Crippen molar-refractivity contribution >= 4 is 11.9 Å². The zero-order chi connectivity index (χ0) is 21.1. The van der Waals surface area contributed by atoms with Crippen molar-refractivity contribution in [1.29, 1.82) is 0 Å². The van der Waals surface area contributed by atoms with Crippen molar-refractivity contribution < 1.29 is 14.3 Å². The fourth-order valence-corrected chi connectivity index (χ4v) is 2.55. The summed E-state index contributed by atoms with van der Waals surface area (Å²) in [6.45, 7) is 3.80. The quantitative estimate of drug-likeness (QED) is 0.501. The number of nitrogens with zero attached hydrogens (tertiary/aromatic N) is 2. The van der Waals surface area contributed by atoms with Gasteiger partial charge in [0.2, 0.25) is 0 Å². The minimum atomic E-state index is -0.0783. The number of carbonyl (C=O) groups is 1. The van der Waals surface area contributed by atoms with Gasteiger partial charge in [0.05, 0.1) is 6.61 Å². The average Bonchev–Trinajstić information content (AvgIpc) is 2.73. The van der Waals surface area contributed by atoms with E-state index in [-0.39, 0.29) is 12.5 Å². The third-order valence-electron chi connectivity index (χ3n) is 4.16. The Morgan fingerprint density at radius 2 is 1.79 bits per heavy atom. The molecule has 0 saturated carbocycles. The van der Waals surface area contributed by atoms with Gasteiger partial charge in [-0.25, -0.2) is 0 Å². The van der Waals surface area contributed by atoms with Gasteiger partial charge in [0, 0.05) is 39.8 Å². The van der Waals surface area contributed by atoms with Crippen LogP contribution in [-0.2, 0) is 17.9 Å². The summed E-state index contributed by atoms with van der Waals surface area (Å²) in [6, 6.07) is 15.6. The molecule has 2 aromatic carbocycles. The third-order valence-corrected chi connectivity index (χ3v) is 4.16. The van der Waals surface area contributed by atoms with E-state index in [4.69, 9.17) is 9.47 Å². The van der Waals surface area contributed by atoms with Crippen LogP contribution in [0.25, 0.3) is 0 Å². The van der Waals surface area contributed by atoms with Crippen molar-refractivity contribution in [3.8, 4) is 11.5 Å². The van der Waals surface area contributed by atoms with Crippen LogP contribution in [0.15, 0.2) is 53.5 Å². The molecule has 0 saturated heterocycles. The number of ether oxygens (including phenoxy) is 2. The minimum absolute atomic E-state index is 0.0202. The van der Waals surface area contributed by atoms with Crippen molar-refractivity contribution in [3.63, 3.8) is 0 Å². The molecule has 0 atom stereocenters. The lowest BCUT2D eigenvalue weighted by Crippen LogP contribution is -2.36. The van der Waals surface area contributed by atoms with E-state index in [2.05, 4.69) is 15.6 Å². The summed E-state index contributed by atoms with van der Waals surface area (Å²) in [5.74, 6) is 2.14. The van der Waals surface area contributed by atoms with Gasteiger partial charge in [-0.3, -0.25) is 9.79 Å². The van der Waals surface area contributed by atoms with Gasteiger partial charge in [-0.2, -0.15) is 0 Å². The molecule has 0 unspecified atom stereocenters. The first-order chi connectivity index (χ1) is 14.0. The SMILES string of the molecule is CCOc1ccccc1CNC(=NC)NCc1cccc(OCC(=O)N(C)C)c1. The van der Waals surface area contributed by atoms with Gasteiger partial charge in [0.1, 0.15) is 11.5 Å². The Balaban J connectivity index is 1.88. The molecule has 2 aromatic rings. The normalized spacial score (nSPS) is 11.0. The summed E-state index contributed by atoms with van der Waals surface area (Å²) in [4.78, 5) is 17.4. The number of benzene rings is 2. The highest BCUT2D eigenvalue weighted by atomic mass is 16.5. The van der Waals surface area contributed by atoms with E-state index in [1.807, 2.05) is 55.5 Å². The van der Waals surface area contributed by atoms with E-state index in [0.29, 0.717) is 31.4 Å². The van der Waals surface area contributed by atoms with Crippen molar-refractivity contribution in [2.75, 3.05) is 34.4 Å². The molecule has 0 aromatic heterocycles. The predicted octanol–water partition coefficient (Wildman–Crippen LogP) is 2.42. The van der Waals surface area contributed by atoms with Crippen LogP contribution < -0.4 is 20.1 Å². The molecule has 0 aliphatic carbocycles. The molecular weight excluding hydrogens is 368 g/mol. The zero-order valence-corrected chi connectivity index (χ0v) is 17.6. The van der Waals surface area contributed by atoms with E-state index in [1.54, 1.807) is 21.1 Å². The predicted molar refractivity (Wildman–Crippen MR) is 115 cm³/mol. The van der Waals surface area contributed by atoms with Crippen molar-refractivity contribution in [1.82, 2.24) is 15.5 Å². The summed E-state index contributed by atoms with van der Waals surface area (Å²) in [5, 5.41) is 6.58. The summed E-state index contributed by atoms with van der Waals surface area (Å²) in [6.07, 6.45) is 0. The number of carbonyl (C=O) groups excluding carboxylic acids is 1. The molecule has 0 heterocycles. The Hall–Kier alpha value is -3.22. The van der Waals surface area contributed by atoms with Crippen molar-refractivity contribution in [2.45, 2.75) is 20.0 Å². The van der Waals surface area contributed by atoms with Gasteiger partial charge in [-0.05, 0) is 30.7 Å². The molecule has 29 heavy (non-hydrogen) atoms. The second kappa shape index (κ2) is 11.6. The molecule has 0 aliphatic heterocycles. The molecular formula is C22H30N4O3. The zero-order valence-electron chi connectivity index (χ0n) is 17.6. The first-order valence-electron chi connectivity index (χ1n) is 9.60. The molecule has 0 bridgehead atoms. The molecule has 7 heteroatoms. The van der Waals surface area contributed by atoms with Gasteiger partial charge in [-0.15, -0.1) is 0 Å². The number of hydrogen-bond donors (Lipinski definition) is 2. The lowest BCUT2D eigenvalue weighted by Gasteiger charge is -2.15. The van der Waals surface area contributed by atoms with Crippen LogP contribution in [0.4, 0.5) is 0 Å². The number of rotatable bonds is 9. The maximum atomic E-state index is 11.7. The topological polar surface area (TPSA) is 75.2 Å². The lowest BCUT2D eigenvalue weighted by molar-refractivity contribution is -0.130. The standard InChI is InChI=1S/C22H30N4O3/c1-5-28-20-12-7-6-10-18(20)15-25-22(23-2)24-14-17-9-8-11-19(13-17)29-16-21(27)26(3)4/h6-13H,5,14-16H2,1-4H3,(H2,23,24,25). The lowest BCUT2D eigenvalue weighted by atomic mass is 10.2. The summed E-state index contributed by atoms with van der Waals surface area (Å²) < 4.78 is 11.2. The molecule has 0 radical (unpaired) electrons. The second-order valence-electron chi connectivity index (χ2n) is 6.54. The number of aliphatic imine (C=N–C) groups is 1. The Morgan fingerprint density at radius 1 is 1.03 bits per heavy atom. The largest absolute Gasteiger partial charge is 0.494 e. The molecule has 156 valence electrons. The second-order valence-corrected chi connectivity index (χ2v) is 6.54. The number of amides is 1. The summed E-state index contributed by atoms with van der Waals surface area (Å²) in [5.41, 5.74) is 2.09. The highest BCUT2D eigenvalue weighted by Gasteiger charge is 2.07. The molecule has 0 spiro atoms. The van der Waals surface area contributed by atoms with Gasteiger partial charge >= 0.3 is 0 Å². The van der Waals surface area contributed by atoms with Crippen molar-refractivity contribution in [2.24, 2.45) is 4.99 Å². The van der Waals surface area contributed by atoms with Crippen LogP contribution in [-0.4, -0.2) is 51.1 Å². The number of nitrogens with one attached hydrogen (secondary N) is 2. The number of hydrogen-bond acceptors (Lipinski definition) is 4.